The van der Waals surface area contributed by atoms with Crippen LogP contribution in [0.2, 0.25) is 0 Å². The van der Waals surface area contributed by atoms with Gasteiger partial charge in [0.25, 0.3) is 0 Å². The molecule has 0 spiro atoms. The molecule has 3 aromatic rings. The first-order chi connectivity index (χ1) is 14.2. The summed E-state index contributed by atoms with van der Waals surface area (Å²) in [5, 5.41) is 7.36. The zero-order valence-corrected chi connectivity index (χ0v) is 17.6. The largest absolute Gasteiger partial charge is 0.493 e. The maximum Gasteiger partial charge on any atom is 0.234 e. The lowest BCUT2D eigenvalue weighted by Gasteiger charge is -2.11. The van der Waals surface area contributed by atoms with Crippen LogP contribution < -0.4 is 15.8 Å². The molecule has 0 atom stereocenters. The monoisotopic (exact) mass is 429 g/mol. The first kappa shape index (κ1) is 20.1. The molecule has 1 aliphatic carbocycles. The Bertz CT molecular complexity index is 1210. The molecule has 1 aliphatic rings. The van der Waals surface area contributed by atoms with E-state index in [1.807, 2.05) is 24.3 Å². The Morgan fingerprint density at radius 3 is 2.53 bits per heavy atom. The number of carbonyl (C=O) groups is 1. The lowest BCUT2D eigenvalue weighted by Crippen LogP contribution is -2.38. The van der Waals surface area contributed by atoms with E-state index in [2.05, 4.69) is 15.4 Å². The molecule has 1 fully saturated rings. The van der Waals surface area contributed by atoms with Gasteiger partial charge in [-0.1, -0.05) is 12.1 Å². The van der Waals surface area contributed by atoms with Crippen LogP contribution in [0.1, 0.15) is 18.7 Å². The van der Waals surface area contributed by atoms with E-state index < -0.39 is 15.3 Å². The number of benzene rings is 1. The third kappa shape index (κ3) is 3.70. The van der Waals surface area contributed by atoms with Gasteiger partial charge in [-0.15, -0.1) is 5.10 Å². The van der Waals surface area contributed by atoms with Crippen molar-refractivity contribution >= 4 is 27.1 Å². The Balaban J connectivity index is 1.71. The van der Waals surface area contributed by atoms with Gasteiger partial charge in [-0.05, 0) is 37.1 Å². The van der Waals surface area contributed by atoms with Crippen molar-refractivity contribution in [2.45, 2.75) is 18.3 Å². The zero-order valence-electron chi connectivity index (χ0n) is 16.8. The van der Waals surface area contributed by atoms with E-state index in [0.29, 0.717) is 35.8 Å². The molecule has 0 bridgehead atoms. The Kier molecular flexibility index (Phi) is 4.89. The van der Waals surface area contributed by atoms with Crippen LogP contribution in [0.4, 0.5) is 5.69 Å². The van der Waals surface area contributed by atoms with Crippen LogP contribution in [0, 0.1) is 0 Å². The topological polar surface area (TPSA) is 129 Å². The highest BCUT2D eigenvalue weighted by atomic mass is 32.2. The number of nitrogen functional groups attached to an aromatic ring is 1. The van der Waals surface area contributed by atoms with Crippen molar-refractivity contribution in [3.8, 4) is 17.0 Å². The number of ether oxygens (including phenoxy) is 1. The summed E-state index contributed by atoms with van der Waals surface area (Å²) < 4.78 is 29.8. The van der Waals surface area contributed by atoms with Crippen LogP contribution in [0.25, 0.3) is 16.9 Å². The van der Waals surface area contributed by atoms with Gasteiger partial charge >= 0.3 is 0 Å². The highest BCUT2D eigenvalue weighted by Gasteiger charge is 2.54. The molecule has 9 nitrogen and oxygen atoms in total. The maximum absolute atomic E-state index is 12.8. The number of carbonyl (C=O) groups excluding carboxylic acids is 1. The second kappa shape index (κ2) is 7.28. The number of pyridine rings is 1. The summed E-state index contributed by atoms with van der Waals surface area (Å²) in [6.07, 6.45) is 2.35. The van der Waals surface area contributed by atoms with Gasteiger partial charge in [-0.25, -0.2) is 17.9 Å². The third-order valence-corrected chi connectivity index (χ3v) is 6.19. The van der Waals surface area contributed by atoms with E-state index in [0.717, 1.165) is 17.5 Å². The molecular formula is C20H23N5O4S. The molecule has 4 rings (SSSR count). The number of hydrogen-bond acceptors (Lipinski definition) is 7. The SMILES string of the molecule is COc1ccc(-c2ccc(N)cc2)n2nc(C3(C(=O)NCCS(C)(=O)=O)CC3)nc12. The Morgan fingerprint density at radius 2 is 1.93 bits per heavy atom. The summed E-state index contributed by atoms with van der Waals surface area (Å²) in [4.78, 5) is 17.4. The fraction of sp³-hybridized carbons (Fsp3) is 0.350. The number of nitrogens with two attached hydrogens (primary N) is 1. The van der Waals surface area contributed by atoms with Gasteiger partial charge in [0.1, 0.15) is 15.3 Å². The minimum absolute atomic E-state index is 0.0623. The van der Waals surface area contributed by atoms with E-state index in [4.69, 9.17) is 10.5 Å². The zero-order chi connectivity index (χ0) is 21.5. The molecule has 158 valence electrons. The Labute approximate surface area is 174 Å². The molecule has 1 aromatic carbocycles. The lowest BCUT2D eigenvalue weighted by molar-refractivity contribution is -0.123. The molecule has 1 saturated carbocycles. The van der Waals surface area contributed by atoms with Crippen molar-refractivity contribution in [1.29, 1.82) is 0 Å². The van der Waals surface area contributed by atoms with Gasteiger partial charge in [-0.3, -0.25) is 4.79 Å². The summed E-state index contributed by atoms with van der Waals surface area (Å²) in [6.45, 7) is 0.0623. The number of methoxy groups -OCH3 is 1. The predicted octanol–water partition coefficient (Wildman–Crippen LogP) is 1.18. The average Bonchev–Trinajstić information content (AvgIpc) is 3.39. The standard InChI is InChI=1S/C20H23N5O4S/c1-29-16-8-7-15(13-3-5-14(21)6-4-13)25-17(16)23-18(24-25)20(9-10-20)19(26)22-11-12-30(2,27)28/h3-8H,9-12,21H2,1-2H3,(H,22,26). The molecule has 0 unspecified atom stereocenters. The molecule has 0 aliphatic heterocycles. The van der Waals surface area contributed by atoms with Crippen molar-refractivity contribution in [3.05, 3.63) is 42.2 Å². The molecule has 0 saturated heterocycles. The molecule has 1 amide bonds. The van der Waals surface area contributed by atoms with Crippen molar-refractivity contribution in [2.75, 3.05) is 31.4 Å². The highest BCUT2D eigenvalue weighted by Crippen LogP contribution is 2.47. The van der Waals surface area contributed by atoms with Gasteiger partial charge in [0.15, 0.2) is 17.2 Å². The number of nitrogens with one attached hydrogen (secondary N) is 1. The van der Waals surface area contributed by atoms with Crippen LogP contribution in [0.15, 0.2) is 36.4 Å². The third-order valence-electron chi connectivity index (χ3n) is 5.25. The number of anilines is 1. The Hall–Kier alpha value is -3.14. The molecule has 3 N–H and O–H groups in total. The normalized spacial score (nSPS) is 15.1. The fourth-order valence-electron chi connectivity index (χ4n) is 3.37. The summed E-state index contributed by atoms with van der Waals surface area (Å²) in [5.41, 5.74) is 7.81. The summed E-state index contributed by atoms with van der Waals surface area (Å²) >= 11 is 0. The van der Waals surface area contributed by atoms with Crippen LogP contribution >= 0.6 is 0 Å². The number of amides is 1. The number of hydrogen-bond donors (Lipinski definition) is 2. The van der Waals surface area contributed by atoms with Crippen LogP contribution in [-0.2, 0) is 20.0 Å². The smallest absolute Gasteiger partial charge is 0.234 e. The van der Waals surface area contributed by atoms with Gasteiger partial charge in [0.2, 0.25) is 5.91 Å². The molecule has 0 radical (unpaired) electrons. The summed E-state index contributed by atoms with van der Waals surface area (Å²) in [5.74, 6) is 0.583. The van der Waals surface area contributed by atoms with Crippen molar-refractivity contribution in [1.82, 2.24) is 19.9 Å². The number of sulfone groups is 1. The quantitative estimate of drug-likeness (QED) is 0.540. The maximum atomic E-state index is 12.8. The van der Waals surface area contributed by atoms with E-state index in [-0.39, 0.29) is 18.2 Å². The van der Waals surface area contributed by atoms with Gasteiger partial charge in [0.05, 0.1) is 18.6 Å². The second-order valence-corrected chi connectivity index (χ2v) is 9.81. The minimum Gasteiger partial charge on any atom is -0.493 e. The molecular weight excluding hydrogens is 406 g/mol. The van der Waals surface area contributed by atoms with E-state index in [1.54, 1.807) is 23.8 Å². The highest BCUT2D eigenvalue weighted by molar-refractivity contribution is 7.90. The van der Waals surface area contributed by atoms with Crippen LogP contribution in [0.5, 0.6) is 5.75 Å². The van der Waals surface area contributed by atoms with Gasteiger partial charge < -0.3 is 15.8 Å². The first-order valence-electron chi connectivity index (χ1n) is 9.50. The van der Waals surface area contributed by atoms with E-state index in [9.17, 15) is 13.2 Å². The van der Waals surface area contributed by atoms with Gasteiger partial charge in [-0.2, -0.15) is 0 Å². The minimum atomic E-state index is -3.15. The lowest BCUT2D eigenvalue weighted by atomic mass is 10.1. The van der Waals surface area contributed by atoms with E-state index >= 15 is 0 Å². The van der Waals surface area contributed by atoms with Crippen LogP contribution in [-0.4, -0.2) is 54.6 Å². The Morgan fingerprint density at radius 1 is 1.23 bits per heavy atom. The van der Waals surface area contributed by atoms with Gasteiger partial charge in [0, 0.05) is 24.1 Å². The molecule has 30 heavy (non-hydrogen) atoms. The van der Waals surface area contributed by atoms with Crippen LogP contribution in [0.3, 0.4) is 0 Å². The molecule has 2 aromatic heterocycles. The molecule has 10 heteroatoms. The average molecular weight is 430 g/mol. The summed E-state index contributed by atoms with van der Waals surface area (Å²) in [7, 11) is -1.60. The number of aromatic nitrogens is 3. The van der Waals surface area contributed by atoms with E-state index in [1.165, 1.54) is 0 Å². The number of rotatable bonds is 7. The number of nitrogens with zero attached hydrogens (tertiary/aromatic N) is 3. The van der Waals surface area contributed by atoms with Crippen molar-refractivity contribution in [3.63, 3.8) is 0 Å². The summed E-state index contributed by atoms with van der Waals surface area (Å²) in [6, 6.07) is 11.1. The second-order valence-electron chi connectivity index (χ2n) is 7.55. The van der Waals surface area contributed by atoms with Crippen molar-refractivity contribution < 1.29 is 17.9 Å². The van der Waals surface area contributed by atoms with Crippen molar-refractivity contribution in [2.24, 2.45) is 0 Å². The predicted molar refractivity (Wildman–Crippen MR) is 113 cm³/mol. The number of fused-ring (bicyclic) bond motifs is 1. The fourth-order valence-corrected chi connectivity index (χ4v) is 3.84. The molecule has 2 heterocycles. The first-order valence-corrected chi connectivity index (χ1v) is 11.6.